The van der Waals surface area contributed by atoms with Gasteiger partial charge in [-0.3, -0.25) is 0 Å². The van der Waals surface area contributed by atoms with Crippen LogP contribution >= 0.6 is 0 Å². The monoisotopic (exact) mass is 192 g/mol. The van der Waals surface area contributed by atoms with Crippen LogP contribution in [0.1, 0.15) is 19.8 Å². The number of rotatable bonds is 7. The summed E-state index contributed by atoms with van der Waals surface area (Å²) in [4.78, 5) is 0. The number of aliphatic hydroxyl groups excluding tert-OH is 2. The number of hydrogen-bond donors (Lipinski definition) is 4. The minimum absolute atomic E-state index is 0.292. The maximum Gasteiger partial charge on any atom is 0.0443 e. The van der Waals surface area contributed by atoms with Gasteiger partial charge in [-0.15, -0.1) is 0 Å². The Morgan fingerprint density at radius 2 is 1.54 bits per heavy atom. The van der Waals surface area contributed by atoms with Crippen LogP contribution in [0.3, 0.4) is 0 Å². The molecule has 4 nitrogen and oxygen atoms in total. The van der Waals surface area contributed by atoms with E-state index in [1.54, 1.807) is 0 Å². The van der Waals surface area contributed by atoms with Crippen LogP contribution in [-0.2, 0) is 0 Å². The molecule has 0 amide bonds. The second-order valence-electron chi connectivity index (χ2n) is 2.61. The molecule has 0 saturated heterocycles. The maximum absolute atomic E-state index is 8.25. The van der Waals surface area contributed by atoms with Crippen molar-refractivity contribution in [1.29, 1.82) is 0 Å². The van der Waals surface area contributed by atoms with Crippen LogP contribution < -0.4 is 10.6 Å². The second kappa shape index (κ2) is 17.8. The smallest absolute Gasteiger partial charge is 0.0443 e. The van der Waals surface area contributed by atoms with Crippen LogP contribution in [0.2, 0.25) is 0 Å². The normalized spacial score (nSPS) is 9.23. The largest absolute Gasteiger partial charge is 0.396 e. The molecule has 0 heterocycles. The first-order valence-electron chi connectivity index (χ1n) is 4.90. The van der Waals surface area contributed by atoms with Crippen molar-refractivity contribution in [2.24, 2.45) is 0 Å². The Labute approximate surface area is 81.4 Å². The molecule has 0 aromatic rings. The molecule has 0 aliphatic heterocycles. The summed E-state index contributed by atoms with van der Waals surface area (Å²) in [7, 11) is 1.87. The lowest BCUT2D eigenvalue weighted by molar-refractivity contribution is 0.286. The van der Waals surface area contributed by atoms with Crippen LogP contribution in [0.25, 0.3) is 0 Å². The highest BCUT2D eigenvalue weighted by Crippen LogP contribution is 1.68. The average molecular weight is 192 g/mol. The fraction of sp³-hybridized carbons (Fsp3) is 1.00. The standard InChI is InChI=1S/C5H13NO.C4H11NO/c1-2-6-4-3-5-7;1-5-3-2-4-6/h6-7H,2-5H2,1H3;5-6H,2-4H2,1H3. The van der Waals surface area contributed by atoms with Gasteiger partial charge >= 0.3 is 0 Å². The lowest BCUT2D eigenvalue weighted by Crippen LogP contribution is -2.14. The first-order chi connectivity index (χ1) is 6.33. The summed E-state index contributed by atoms with van der Waals surface area (Å²) in [6.45, 7) is 5.49. The molecule has 0 saturated carbocycles. The molecule has 0 aromatic carbocycles. The van der Waals surface area contributed by atoms with E-state index in [0.29, 0.717) is 13.2 Å². The molecule has 0 aliphatic rings. The topological polar surface area (TPSA) is 64.5 Å². The van der Waals surface area contributed by atoms with Gasteiger partial charge in [0.1, 0.15) is 0 Å². The Morgan fingerprint density at radius 1 is 1.00 bits per heavy atom. The summed E-state index contributed by atoms with van der Waals surface area (Å²) in [6, 6.07) is 0. The first kappa shape index (κ1) is 15.3. The minimum atomic E-state index is 0.292. The fourth-order valence-corrected chi connectivity index (χ4v) is 0.637. The zero-order valence-corrected chi connectivity index (χ0v) is 8.84. The van der Waals surface area contributed by atoms with Crippen LogP contribution in [0.15, 0.2) is 0 Å². The summed E-state index contributed by atoms with van der Waals surface area (Å²) >= 11 is 0. The van der Waals surface area contributed by atoms with E-state index in [2.05, 4.69) is 17.6 Å². The molecule has 0 atom stereocenters. The summed E-state index contributed by atoms with van der Waals surface area (Å²) in [5.74, 6) is 0. The molecule has 82 valence electrons. The van der Waals surface area contributed by atoms with E-state index < -0.39 is 0 Å². The van der Waals surface area contributed by atoms with Gasteiger partial charge in [0.2, 0.25) is 0 Å². The van der Waals surface area contributed by atoms with Gasteiger partial charge in [0.25, 0.3) is 0 Å². The molecule has 0 bridgehead atoms. The molecular weight excluding hydrogens is 168 g/mol. The highest BCUT2D eigenvalue weighted by atomic mass is 16.3. The van der Waals surface area contributed by atoms with Gasteiger partial charge in [0.05, 0.1) is 0 Å². The Bertz CT molecular complexity index is 64.6. The Hall–Kier alpha value is -0.160. The molecule has 0 fully saturated rings. The van der Waals surface area contributed by atoms with Crippen molar-refractivity contribution >= 4 is 0 Å². The van der Waals surface area contributed by atoms with Crippen molar-refractivity contribution in [3.63, 3.8) is 0 Å². The third-order valence-electron chi connectivity index (χ3n) is 1.35. The lowest BCUT2D eigenvalue weighted by Gasteiger charge is -1.94. The Kier molecular flexibility index (Phi) is 21.0. The van der Waals surface area contributed by atoms with E-state index in [1.807, 2.05) is 7.05 Å². The van der Waals surface area contributed by atoms with E-state index in [1.165, 1.54) is 0 Å². The van der Waals surface area contributed by atoms with E-state index >= 15 is 0 Å². The molecular formula is C9H24N2O2. The molecule has 4 heteroatoms. The van der Waals surface area contributed by atoms with Crippen LogP contribution in [-0.4, -0.2) is 50.1 Å². The number of hydrogen-bond acceptors (Lipinski definition) is 4. The minimum Gasteiger partial charge on any atom is -0.396 e. The molecule has 0 rings (SSSR count). The van der Waals surface area contributed by atoms with Crippen LogP contribution in [0.4, 0.5) is 0 Å². The van der Waals surface area contributed by atoms with Crippen molar-refractivity contribution in [2.45, 2.75) is 19.8 Å². The van der Waals surface area contributed by atoms with Gasteiger partial charge in [-0.05, 0) is 39.5 Å². The maximum atomic E-state index is 8.25. The zero-order valence-electron chi connectivity index (χ0n) is 8.84. The van der Waals surface area contributed by atoms with E-state index in [4.69, 9.17) is 10.2 Å². The summed E-state index contributed by atoms with van der Waals surface area (Å²) < 4.78 is 0. The predicted octanol–water partition coefficient (Wildman–Crippen LogP) is -0.433. The van der Waals surface area contributed by atoms with Crippen molar-refractivity contribution in [1.82, 2.24) is 10.6 Å². The van der Waals surface area contributed by atoms with Gasteiger partial charge < -0.3 is 20.8 Å². The predicted molar refractivity (Wildman–Crippen MR) is 55.9 cm³/mol. The van der Waals surface area contributed by atoms with E-state index in [0.717, 1.165) is 32.5 Å². The molecule has 4 N–H and O–H groups in total. The number of nitrogens with one attached hydrogen (secondary N) is 2. The van der Waals surface area contributed by atoms with Crippen LogP contribution in [0, 0.1) is 0 Å². The van der Waals surface area contributed by atoms with E-state index in [-0.39, 0.29) is 0 Å². The van der Waals surface area contributed by atoms with Crippen molar-refractivity contribution < 1.29 is 10.2 Å². The van der Waals surface area contributed by atoms with E-state index in [9.17, 15) is 0 Å². The summed E-state index contributed by atoms with van der Waals surface area (Å²) in [5, 5.41) is 22.4. The summed E-state index contributed by atoms with van der Waals surface area (Å²) in [5.41, 5.74) is 0. The van der Waals surface area contributed by atoms with Crippen LogP contribution in [0.5, 0.6) is 0 Å². The molecule has 0 aliphatic carbocycles. The second-order valence-corrected chi connectivity index (χ2v) is 2.61. The van der Waals surface area contributed by atoms with Crippen molar-refractivity contribution in [2.75, 3.05) is 39.9 Å². The highest BCUT2D eigenvalue weighted by molar-refractivity contribution is 4.39. The Balaban J connectivity index is 0. The number of aliphatic hydroxyl groups is 2. The average Bonchev–Trinajstić information content (AvgIpc) is 2.17. The lowest BCUT2D eigenvalue weighted by atomic mass is 10.4. The molecule has 0 aromatic heterocycles. The zero-order chi connectivity index (χ0) is 10.4. The molecule has 13 heavy (non-hydrogen) atoms. The van der Waals surface area contributed by atoms with Gasteiger partial charge in [-0.1, -0.05) is 6.92 Å². The highest BCUT2D eigenvalue weighted by Gasteiger charge is 1.78. The van der Waals surface area contributed by atoms with Gasteiger partial charge in [0.15, 0.2) is 0 Å². The quantitative estimate of drug-likeness (QED) is 0.413. The SMILES string of the molecule is CCNCCCO.CNCCCO. The van der Waals surface area contributed by atoms with Gasteiger partial charge in [-0.2, -0.15) is 0 Å². The molecule has 0 radical (unpaired) electrons. The molecule has 0 unspecified atom stereocenters. The summed E-state index contributed by atoms with van der Waals surface area (Å²) in [6.07, 6.45) is 1.73. The third kappa shape index (κ3) is 24.5. The first-order valence-corrected chi connectivity index (χ1v) is 4.90. The third-order valence-corrected chi connectivity index (χ3v) is 1.35. The van der Waals surface area contributed by atoms with Crippen molar-refractivity contribution in [3.05, 3.63) is 0 Å². The van der Waals surface area contributed by atoms with Gasteiger partial charge in [0, 0.05) is 13.2 Å². The fourth-order valence-electron chi connectivity index (χ4n) is 0.637. The van der Waals surface area contributed by atoms with Crippen molar-refractivity contribution in [3.8, 4) is 0 Å². The van der Waals surface area contributed by atoms with Gasteiger partial charge in [-0.25, -0.2) is 0 Å². The Morgan fingerprint density at radius 3 is 1.85 bits per heavy atom. The molecule has 0 spiro atoms.